The summed E-state index contributed by atoms with van der Waals surface area (Å²) in [6.07, 6.45) is 4.13. The van der Waals surface area contributed by atoms with Crippen molar-refractivity contribution in [3.63, 3.8) is 0 Å². The lowest BCUT2D eigenvalue weighted by Gasteiger charge is -2.31. The van der Waals surface area contributed by atoms with Crippen LogP contribution in [0.5, 0.6) is 0 Å². The molecule has 6 aromatic rings. The second-order valence-electron chi connectivity index (χ2n) is 10.7. The van der Waals surface area contributed by atoms with Gasteiger partial charge < -0.3 is 0 Å². The number of benzene rings is 2. The van der Waals surface area contributed by atoms with Gasteiger partial charge in [0.1, 0.15) is 17.3 Å². The molecule has 0 aliphatic carbocycles. The second kappa shape index (κ2) is 10.7. The molecule has 0 saturated carbocycles. The molecule has 4 aromatic heterocycles. The van der Waals surface area contributed by atoms with E-state index in [2.05, 4.69) is 66.6 Å². The molecule has 5 heterocycles. The van der Waals surface area contributed by atoms with Gasteiger partial charge in [0.05, 0.1) is 5.69 Å². The molecule has 0 bridgehead atoms. The molecule has 41 heavy (non-hydrogen) atoms. The summed E-state index contributed by atoms with van der Waals surface area (Å²) < 4.78 is 1.76. The normalized spacial score (nSPS) is 14.6. The van der Waals surface area contributed by atoms with E-state index in [1.807, 2.05) is 56.4 Å². The average molecular weight is 542 g/mol. The lowest BCUT2D eigenvalue weighted by molar-refractivity contribution is 0.202. The molecule has 0 radical (unpaired) electrons. The van der Waals surface area contributed by atoms with E-state index in [0.717, 1.165) is 72.1 Å². The van der Waals surface area contributed by atoms with Gasteiger partial charge in [0.25, 0.3) is 5.78 Å². The maximum Gasteiger partial charge on any atom is 0.252 e. The first kappa shape index (κ1) is 25.2. The molecular weight excluding hydrogens is 510 g/mol. The Morgan fingerprint density at radius 3 is 2.39 bits per heavy atom. The zero-order chi connectivity index (χ0) is 27.8. The van der Waals surface area contributed by atoms with Crippen LogP contribution >= 0.6 is 0 Å². The van der Waals surface area contributed by atoms with Crippen molar-refractivity contribution in [1.29, 1.82) is 0 Å². The van der Waals surface area contributed by atoms with E-state index >= 15 is 0 Å². The summed E-state index contributed by atoms with van der Waals surface area (Å²) in [7, 11) is 0. The van der Waals surface area contributed by atoms with Gasteiger partial charge in [-0.15, -0.1) is 0 Å². The fourth-order valence-electron chi connectivity index (χ4n) is 5.60. The number of pyridine rings is 1. The van der Waals surface area contributed by atoms with Crippen LogP contribution in [0.15, 0.2) is 79.0 Å². The zero-order valence-corrected chi connectivity index (χ0v) is 23.2. The van der Waals surface area contributed by atoms with Crippen LogP contribution in [0.25, 0.3) is 39.7 Å². The lowest BCUT2D eigenvalue weighted by Crippen LogP contribution is -2.32. The smallest absolute Gasteiger partial charge is 0.252 e. The van der Waals surface area contributed by atoms with E-state index in [1.54, 1.807) is 4.52 Å². The number of H-pyrrole nitrogens is 1. The Kier molecular flexibility index (Phi) is 6.56. The number of fused-ring (bicyclic) bond motifs is 1. The minimum Gasteiger partial charge on any atom is -0.299 e. The second-order valence-corrected chi connectivity index (χ2v) is 10.7. The summed E-state index contributed by atoms with van der Waals surface area (Å²) in [6.45, 7) is 6.84. The molecule has 0 atom stereocenters. The molecule has 0 spiro atoms. The van der Waals surface area contributed by atoms with Gasteiger partial charge in [-0.2, -0.15) is 15.2 Å². The maximum absolute atomic E-state index is 4.91. The average Bonchev–Trinajstić information content (AvgIpc) is 3.64. The van der Waals surface area contributed by atoms with Crippen molar-refractivity contribution in [3.8, 4) is 33.9 Å². The van der Waals surface area contributed by atoms with E-state index in [4.69, 9.17) is 9.97 Å². The quantitative estimate of drug-likeness (QED) is 0.291. The Balaban J connectivity index is 1.04. The Bertz CT molecular complexity index is 1800. The first-order valence-electron chi connectivity index (χ1n) is 14.1. The minimum atomic E-state index is 0.387. The van der Waals surface area contributed by atoms with Crippen LogP contribution in [0.1, 0.15) is 41.7 Å². The highest BCUT2D eigenvalue weighted by Crippen LogP contribution is 2.32. The number of aryl methyl sites for hydroxylation is 2. The summed E-state index contributed by atoms with van der Waals surface area (Å²) in [6, 6.07) is 25.0. The van der Waals surface area contributed by atoms with E-state index < -0.39 is 0 Å². The highest BCUT2D eigenvalue weighted by molar-refractivity contribution is 5.81. The largest absolute Gasteiger partial charge is 0.299 e. The molecule has 9 heteroatoms. The number of aromatic nitrogens is 8. The van der Waals surface area contributed by atoms with Gasteiger partial charge in [-0.05, 0) is 63.0 Å². The third-order valence-electron chi connectivity index (χ3n) is 7.75. The Morgan fingerprint density at radius 2 is 1.61 bits per heavy atom. The molecule has 9 nitrogen and oxygen atoms in total. The van der Waals surface area contributed by atoms with E-state index in [0.29, 0.717) is 23.3 Å². The molecule has 1 saturated heterocycles. The summed E-state index contributed by atoms with van der Waals surface area (Å²) >= 11 is 0. The highest BCUT2D eigenvalue weighted by atomic mass is 15.3. The van der Waals surface area contributed by atoms with Crippen molar-refractivity contribution in [1.82, 2.24) is 44.6 Å². The number of hydrogen-bond donors (Lipinski definition) is 1. The van der Waals surface area contributed by atoms with Gasteiger partial charge >= 0.3 is 0 Å². The Labute approximate surface area is 238 Å². The Hall–Kier alpha value is -4.76. The molecule has 1 N–H and O–H groups in total. The van der Waals surface area contributed by atoms with Crippen LogP contribution in [-0.4, -0.2) is 57.7 Å². The molecular formula is C32H31N9. The van der Waals surface area contributed by atoms with E-state index in [1.165, 1.54) is 5.56 Å². The van der Waals surface area contributed by atoms with E-state index in [9.17, 15) is 0 Å². The SMILES string of the molecule is Cc1cccc(-c2n[nH]c(C3CCN(Cc4ccc(-c5nc6nc(C)nn6cc5-c5ccccc5)cc4)CC3)n2)n1. The number of piperidine rings is 1. The van der Waals surface area contributed by atoms with Crippen molar-refractivity contribution in [2.75, 3.05) is 13.1 Å². The van der Waals surface area contributed by atoms with Crippen molar-refractivity contribution in [2.45, 2.75) is 39.2 Å². The molecule has 1 aliphatic rings. The number of likely N-dealkylation sites (tertiary alicyclic amines) is 1. The molecule has 0 amide bonds. The lowest BCUT2D eigenvalue weighted by atomic mass is 9.95. The Morgan fingerprint density at radius 1 is 0.805 bits per heavy atom. The van der Waals surface area contributed by atoms with Gasteiger partial charge in [-0.3, -0.25) is 10.00 Å². The predicted octanol–water partition coefficient (Wildman–Crippen LogP) is 5.63. The first-order valence-corrected chi connectivity index (χ1v) is 14.1. The third kappa shape index (κ3) is 5.24. The molecule has 0 unspecified atom stereocenters. The molecule has 7 rings (SSSR count). The van der Waals surface area contributed by atoms with Gasteiger partial charge in [-0.25, -0.2) is 19.5 Å². The van der Waals surface area contributed by atoms with Crippen LogP contribution < -0.4 is 0 Å². The number of nitrogens with one attached hydrogen (secondary N) is 1. The fraction of sp³-hybridized carbons (Fsp3) is 0.250. The first-order chi connectivity index (χ1) is 20.1. The van der Waals surface area contributed by atoms with Crippen LogP contribution in [0.4, 0.5) is 0 Å². The summed E-state index contributed by atoms with van der Waals surface area (Å²) in [5, 5.41) is 12.1. The molecule has 1 fully saturated rings. The van der Waals surface area contributed by atoms with Gasteiger partial charge in [-0.1, -0.05) is 60.7 Å². The molecule has 2 aromatic carbocycles. The monoisotopic (exact) mass is 541 g/mol. The van der Waals surface area contributed by atoms with E-state index in [-0.39, 0.29) is 0 Å². The standard InChI is InChI=1S/C32H31N9/c1-21-7-6-10-28(33-21)31-36-30(37-38-31)26-15-17-40(18-16-26)19-23-11-13-25(14-12-23)29-27(24-8-4-3-5-9-24)20-41-32(35-29)34-22(2)39-41/h3-14,20,26H,15-19H2,1-2H3,(H,36,37,38). The van der Waals surface area contributed by atoms with Crippen molar-refractivity contribution in [2.24, 2.45) is 0 Å². The topological polar surface area (TPSA) is 101 Å². The number of hydrogen-bond acceptors (Lipinski definition) is 7. The summed E-state index contributed by atoms with van der Waals surface area (Å²) in [5.74, 6) is 3.35. The molecule has 204 valence electrons. The maximum atomic E-state index is 4.91. The van der Waals surface area contributed by atoms with Gasteiger partial charge in [0.2, 0.25) is 0 Å². The van der Waals surface area contributed by atoms with Crippen LogP contribution in [0.2, 0.25) is 0 Å². The molecule has 1 aliphatic heterocycles. The number of aromatic amines is 1. The van der Waals surface area contributed by atoms with Gasteiger partial charge in [0, 0.05) is 35.5 Å². The highest BCUT2D eigenvalue weighted by Gasteiger charge is 2.24. The fourth-order valence-corrected chi connectivity index (χ4v) is 5.60. The number of nitrogens with zero attached hydrogens (tertiary/aromatic N) is 8. The van der Waals surface area contributed by atoms with Gasteiger partial charge in [0.15, 0.2) is 5.82 Å². The van der Waals surface area contributed by atoms with Crippen LogP contribution in [0, 0.1) is 13.8 Å². The minimum absolute atomic E-state index is 0.387. The number of rotatable bonds is 6. The van der Waals surface area contributed by atoms with Crippen LogP contribution in [-0.2, 0) is 6.54 Å². The zero-order valence-electron chi connectivity index (χ0n) is 23.2. The van der Waals surface area contributed by atoms with Crippen molar-refractivity contribution < 1.29 is 0 Å². The van der Waals surface area contributed by atoms with Crippen molar-refractivity contribution >= 4 is 5.78 Å². The predicted molar refractivity (Wildman–Crippen MR) is 158 cm³/mol. The van der Waals surface area contributed by atoms with Crippen molar-refractivity contribution in [3.05, 3.63) is 102 Å². The summed E-state index contributed by atoms with van der Waals surface area (Å²) in [5.41, 5.74) is 7.19. The summed E-state index contributed by atoms with van der Waals surface area (Å²) in [4.78, 5) is 21.3. The van der Waals surface area contributed by atoms with Crippen LogP contribution in [0.3, 0.4) is 0 Å². The third-order valence-corrected chi connectivity index (χ3v) is 7.75.